The predicted molar refractivity (Wildman–Crippen MR) is 113 cm³/mol. The summed E-state index contributed by atoms with van der Waals surface area (Å²) in [6.45, 7) is 0.523. The second-order valence-corrected chi connectivity index (χ2v) is 8.40. The molecule has 0 aliphatic carbocycles. The lowest BCUT2D eigenvalue weighted by Gasteiger charge is -2.43. The molecule has 0 atom stereocenters. The Hall–Kier alpha value is -2.47. The van der Waals surface area contributed by atoms with Crippen molar-refractivity contribution in [3.63, 3.8) is 0 Å². The van der Waals surface area contributed by atoms with Crippen LogP contribution in [0.2, 0.25) is 0 Å². The Morgan fingerprint density at radius 3 is 1.43 bits per heavy atom. The van der Waals surface area contributed by atoms with Gasteiger partial charge in [-0.15, -0.1) is 0 Å². The van der Waals surface area contributed by atoms with Gasteiger partial charge in [0.05, 0.1) is 18.4 Å². The first-order valence-electron chi connectivity index (χ1n) is 9.17. The lowest BCUT2D eigenvalue weighted by Crippen LogP contribution is -2.47. The van der Waals surface area contributed by atoms with Gasteiger partial charge in [-0.1, -0.05) is 91.0 Å². The summed E-state index contributed by atoms with van der Waals surface area (Å²) >= 11 is 0. The SMILES string of the molecule is CN(CCOS(C)(=O)=O)C(c1ccccc1)(c1ccccc1)c1ccccc1. The molecule has 0 heterocycles. The standard InChI is InChI=1S/C23H25NO3S/c1-24(18-19-27-28(2,25)26)23(20-12-6-3-7-13-20,21-14-8-4-9-15-21)22-16-10-5-11-17-22/h3-17H,18-19H2,1-2H3. The Bertz CT molecular complexity index is 877. The first-order valence-corrected chi connectivity index (χ1v) is 11.0. The summed E-state index contributed by atoms with van der Waals surface area (Å²) in [4.78, 5) is 2.15. The van der Waals surface area contributed by atoms with Crippen molar-refractivity contribution >= 4 is 10.1 Å². The normalized spacial score (nSPS) is 12.2. The molecule has 0 aliphatic heterocycles. The molecule has 0 aliphatic rings. The van der Waals surface area contributed by atoms with Crippen molar-refractivity contribution in [2.75, 3.05) is 26.5 Å². The van der Waals surface area contributed by atoms with E-state index in [-0.39, 0.29) is 6.61 Å². The van der Waals surface area contributed by atoms with Gasteiger partial charge in [-0.25, -0.2) is 0 Å². The van der Waals surface area contributed by atoms with Gasteiger partial charge >= 0.3 is 0 Å². The largest absolute Gasteiger partial charge is 0.287 e. The summed E-state index contributed by atoms with van der Waals surface area (Å²) < 4.78 is 27.9. The lowest BCUT2D eigenvalue weighted by molar-refractivity contribution is 0.164. The maximum atomic E-state index is 11.4. The van der Waals surface area contributed by atoms with E-state index in [1.165, 1.54) is 0 Å². The molecule has 0 saturated carbocycles. The van der Waals surface area contributed by atoms with Crippen LogP contribution in [0.4, 0.5) is 0 Å². The Labute approximate surface area is 167 Å². The molecule has 0 unspecified atom stereocenters. The smallest absolute Gasteiger partial charge is 0.264 e. The number of nitrogens with zero attached hydrogens (tertiary/aromatic N) is 1. The third kappa shape index (κ3) is 4.33. The second kappa shape index (κ2) is 8.69. The molecule has 0 spiro atoms. The monoisotopic (exact) mass is 395 g/mol. The number of rotatable bonds is 8. The summed E-state index contributed by atoms with van der Waals surface area (Å²) in [6, 6.07) is 30.8. The van der Waals surface area contributed by atoms with Gasteiger partial charge in [-0.2, -0.15) is 8.42 Å². The molecule has 146 valence electrons. The van der Waals surface area contributed by atoms with Crippen LogP contribution in [0.3, 0.4) is 0 Å². The van der Waals surface area contributed by atoms with Crippen LogP contribution in [-0.2, 0) is 19.8 Å². The highest BCUT2D eigenvalue weighted by Gasteiger charge is 2.40. The molecular weight excluding hydrogens is 370 g/mol. The van der Waals surface area contributed by atoms with Gasteiger partial charge in [0.1, 0.15) is 0 Å². The predicted octanol–water partition coefficient (Wildman–Crippen LogP) is 3.89. The van der Waals surface area contributed by atoms with Crippen LogP contribution in [0.1, 0.15) is 16.7 Å². The molecule has 0 saturated heterocycles. The number of benzene rings is 3. The van der Waals surface area contributed by atoms with Crippen molar-refractivity contribution in [1.82, 2.24) is 4.90 Å². The van der Waals surface area contributed by atoms with E-state index in [0.29, 0.717) is 6.54 Å². The summed E-state index contributed by atoms with van der Waals surface area (Å²) in [5.74, 6) is 0. The van der Waals surface area contributed by atoms with Crippen molar-refractivity contribution in [2.45, 2.75) is 5.54 Å². The van der Waals surface area contributed by atoms with E-state index >= 15 is 0 Å². The Kier molecular flexibility index (Phi) is 6.29. The van der Waals surface area contributed by atoms with Gasteiger partial charge < -0.3 is 0 Å². The third-order valence-corrected chi connectivity index (χ3v) is 5.47. The fourth-order valence-corrected chi connectivity index (χ4v) is 4.07. The van der Waals surface area contributed by atoms with E-state index in [1.54, 1.807) is 0 Å². The number of hydrogen-bond donors (Lipinski definition) is 0. The Morgan fingerprint density at radius 1 is 0.750 bits per heavy atom. The minimum atomic E-state index is -3.49. The molecule has 0 radical (unpaired) electrons. The van der Waals surface area contributed by atoms with Crippen LogP contribution in [0, 0.1) is 0 Å². The first kappa shape index (κ1) is 20.3. The molecule has 4 nitrogen and oxygen atoms in total. The molecule has 0 N–H and O–H groups in total. The lowest BCUT2D eigenvalue weighted by atomic mass is 9.76. The first-order chi connectivity index (χ1) is 13.4. The van der Waals surface area contributed by atoms with Crippen LogP contribution >= 0.6 is 0 Å². The van der Waals surface area contributed by atoms with Crippen LogP contribution in [0.5, 0.6) is 0 Å². The van der Waals surface area contributed by atoms with Crippen molar-refractivity contribution in [3.05, 3.63) is 108 Å². The molecule has 3 aromatic rings. The summed E-state index contributed by atoms with van der Waals surface area (Å²) in [7, 11) is -1.49. The van der Waals surface area contributed by atoms with Crippen molar-refractivity contribution in [3.8, 4) is 0 Å². The average molecular weight is 396 g/mol. The molecule has 28 heavy (non-hydrogen) atoms. The Balaban J connectivity index is 2.16. The van der Waals surface area contributed by atoms with Gasteiger partial charge in [0.2, 0.25) is 0 Å². The highest BCUT2D eigenvalue weighted by molar-refractivity contribution is 7.85. The molecule has 0 aromatic heterocycles. The zero-order valence-corrected chi connectivity index (χ0v) is 17.0. The summed E-state index contributed by atoms with van der Waals surface area (Å²) in [5.41, 5.74) is 2.74. The third-order valence-electron chi connectivity index (χ3n) is 4.87. The molecular formula is C23H25NO3S. The van der Waals surface area contributed by atoms with Crippen LogP contribution < -0.4 is 0 Å². The highest BCUT2D eigenvalue weighted by atomic mass is 32.2. The van der Waals surface area contributed by atoms with E-state index in [9.17, 15) is 8.42 Å². The van der Waals surface area contributed by atoms with Gasteiger partial charge in [0.15, 0.2) is 0 Å². The second-order valence-electron chi connectivity index (χ2n) is 6.76. The Morgan fingerprint density at radius 2 is 1.11 bits per heavy atom. The average Bonchev–Trinajstić information content (AvgIpc) is 2.70. The molecule has 0 bridgehead atoms. The quantitative estimate of drug-likeness (QED) is 0.429. The van der Waals surface area contributed by atoms with Crippen molar-refractivity contribution in [1.29, 1.82) is 0 Å². The maximum absolute atomic E-state index is 11.4. The van der Waals surface area contributed by atoms with Crippen molar-refractivity contribution < 1.29 is 12.6 Å². The van der Waals surface area contributed by atoms with Crippen molar-refractivity contribution in [2.24, 2.45) is 0 Å². The van der Waals surface area contributed by atoms with E-state index in [0.717, 1.165) is 22.9 Å². The van der Waals surface area contributed by atoms with Gasteiger partial charge in [0, 0.05) is 6.54 Å². The minimum Gasteiger partial charge on any atom is -0.287 e. The van der Waals surface area contributed by atoms with E-state index in [2.05, 4.69) is 41.3 Å². The molecule has 0 amide bonds. The number of likely N-dealkylation sites (N-methyl/N-ethyl adjacent to an activating group) is 1. The summed E-state index contributed by atoms with van der Waals surface area (Å²) in [5, 5.41) is 0. The zero-order chi connectivity index (χ0) is 20.0. The topological polar surface area (TPSA) is 46.6 Å². The maximum Gasteiger partial charge on any atom is 0.264 e. The van der Waals surface area contributed by atoms with Crippen LogP contribution in [-0.4, -0.2) is 39.8 Å². The molecule has 3 rings (SSSR count). The highest BCUT2D eigenvalue weighted by Crippen LogP contribution is 2.41. The zero-order valence-electron chi connectivity index (χ0n) is 16.2. The van der Waals surface area contributed by atoms with Crippen LogP contribution in [0.25, 0.3) is 0 Å². The molecule has 5 heteroatoms. The van der Waals surface area contributed by atoms with E-state index in [1.807, 2.05) is 61.6 Å². The summed E-state index contributed by atoms with van der Waals surface area (Å²) in [6.07, 6.45) is 1.08. The molecule has 3 aromatic carbocycles. The van der Waals surface area contributed by atoms with Gasteiger partial charge in [0.25, 0.3) is 10.1 Å². The van der Waals surface area contributed by atoms with E-state index in [4.69, 9.17) is 4.18 Å². The van der Waals surface area contributed by atoms with Crippen LogP contribution in [0.15, 0.2) is 91.0 Å². The number of hydrogen-bond acceptors (Lipinski definition) is 4. The fraction of sp³-hybridized carbons (Fsp3) is 0.217. The van der Waals surface area contributed by atoms with Gasteiger partial charge in [-0.3, -0.25) is 9.08 Å². The minimum absolute atomic E-state index is 0.0869. The molecule has 0 fully saturated rings. The van der Waals surface area contributed by atoms with Gasteiger partial charge in [-0.05, 0) is 23.7 Å². The fourth-order valence-electron chi connectivity index (χ4n) is 3.69. The van der Waals surface area contributed by atoms with E-state index < -0.39 is 15.7 Å².